The van der Waals surface area contributed by atoms with Gasteiger partial charge in [-0.05, 0) is 18.2 Å². The Bertz CT molecular complexity index is 757. The third-order valence-corrected chi connectivity index (χ3v) is 2.54. The van der Waals surface area contributed by atoms with Gasteiger partial charge in [0.1, 0.15) is 23.5 Å². The minimum absolute atomic E-state index is 0.0177. The Hall–Kier alpha value is -3.38. The summed E-state index contributed by atoms with van der Waals surface area (Å²) in [6.45, 7) is 0. The Labute approximate surface area is 114 Å². The molecule has 96 valence electrons. The minimum atomic E-state index is -0.574. The van der Waals surface area contributed by atoms with Gasteiger partial charge in [0.05, 0.1) is 10.5 Å². The first kappa shape index (κ1) is 13.1. The van der Waals surface area contributed by atoms with E-state index in [0.29, 0.717) is 0 Å². The number of nitro groups is 1. The van der Waals surface area contributed by atoms with Crippen molar-refractivity contribution in [3.63, 3.8) is 0 Å². The van der Waals surface area contributed by atoms with Crippen LogP contribution in [-0.4, -0.2) is 4.92 Å². The van der Waals surface area contributed by atoms with Gasteiger partial charge in [0, 0.05) is 6.07 Å². The summed E-state index contributed by atoms with van der Waals surface area (Å²) >= 11 is 0. The number of para-hydroxylation sites is 2. The van der Waals surface area contributed by atoms with E-state index in [-0.39, 0.29) is 28.3 Å². The molecule has 6 nitrogen and oxygen atoms in total. The summed E-state index contributed by atoms with van der Waals surface area (Å²) in [5.74, 6) is 0.130. The number of nitriles is 2. The van der Waals surface area contributed by atoms with E-state index in [1.54, 1.807) is 12.1 Å². The highest BCUT2D eigenvalue weighted by molar-refractivity contribution is 5.56. The zero-order valence-corrected chi connectivity index (χ0v) is 10.1. The molecule has 20 heavy (non-hydrogen) atoms. The smallest absolute Gasteiger partial charge is 0.311 e. The predicted octanol–water partition coefficient (Wildman–Crippen LogP) is 3.13. The van der Waals surface area contributed by atoms with Gasteiger partial charge in [0.25, 0.3) is 0 Å². The van der Waals surface area contributed by atoms with Crippen LogP contribution in [0.1, 0.15) is 11.1 Å². The van der Waals surface area contributed by atoms with Crippen molar-refractivity contribution < 1.29 is 9.66 Å². The second kappa shape index (κ2) is 5.51. The van der Waals surface area contributed by atoms with Gasteiger partial charge < -0.3 is 4.74 Å². The number of rotatable bonds is 3. The molecule has 0 aromatic heterocycles. The van der Waals surface area contributed by atoms with E-state index in [4.69, 9.17) is 15.3 Å². The van der Waals surface area contributed by atoms with Gasteiger partial charge in [0.15, 0.2) is 0 Å². The molecule has 0 radical (unpaired) electrons. The van der Waals surface area contributed by atoms with E-state index < -0.39 is 4.92 Å². The topological polar surface area (TPSA) is 99.9 Å². The lowest BCUT2D eigenvalue weighted by atomic mass is 10.1. The van der Waals surface area contributed by atoms with Crippen LogP contribution in [0.4, 0.5) is 5.69 Å². The number of hydrogen-bond donors (Lipinski definition) is 0. The fourth-order valence-electron chi connectivity index (χ4n) is 1.64. The van der Waals surface area contributed by atoms with Crippen LogP contribution in [0.5, 0.6) is 11.5 Å². The Morgan fingerprint density at radius 2 is 1.70 bits per heavy atom. The molecule has 0 heterocycles. The lowest BCUT2D eigenvalue weighted by Gasteiger charge is -2.08. The van der Waals surface area contributed by atoms with Crippen molar-refractivity contribution in [2.45, 2.75) is 0 Å². The van der Waals surface area contributed by atoms with Crippen LogP contribution in [0.15, 0.2) is 42.5 Å². The molecule has 2 aromatic carbocycles. The zero-order valence-electron chi connectivity index (χ0n) is 10.1. The highest BCUT2D eigenvalue weighted by Gasteiger charge is 2.17. The second-order valence-corrected chi connectivity index (χ2v) is 3.73. The SMILES string of the molecule is N#Cc1cccc(Oc2ccccc2[N+](=O)[O-])c1C#N. The summed E-state index contributed by atoms with van der Waals surface area (Å²) in [6, 6.07) is 14.1. The van der Waals surface area contributed by atoms with Gasteiger partial charge in [0.2, 0.25) is 5.75 Å². The molecule has 0 aliphatic carbocycles. The van der Waals surface area contributed by atoms with Crippen LogP contribution in [0.2, 0.25) is 0 Å². The Balaban J connectivity index is 2.50. The van der Waals surface area contributed by atoms with Crippen molar-refractivity contribution in [2.75, 3.05) is 0 Å². The van der Waals surface area contributed by atoms with E-state index in [1.807, 2.05) is 12.1 Å². The highest BCUT2D eigenvalue weighted by Crippen LogP contribution is 2.33. The van der Waals surface area contributed by atoms with E-state index in [9.17, 15) is 10.1 Å². The third-order valence-electron chi connectivity index (χ3n) is 2.54. The molecule has 6 heteroatoms. The van der Waals surface area contributed by atoms with Gasteiger partial charge in [-0.15, -0.1) is 0 Å². The molecule has 0 N–H and O–H groups in total. The molecule has 0 saturated carbocycles. The first-order valence-electron chi connectivity index (χ1n) is 5.52. The summed E-state index contributed by atoms with van der Waals surface area (Å²) < 4.78 is 5.42. The Kier molecular flexibility index (Phi) is 3.60. The monoisotopic (exact) mass is 265 g/mol. The van der Waals surface area contributed by atoms with Crippen LogP contribution < -0.4 is 4.74 Å². The maximum atomic E-state index is 10.9. The van der Waals surface area contributed by atoms with E-state index in [0.717, 1.165) is 0 Å². The summed E-state index contributed by atoms with van der Waals surface area (Å²) in [7, 11) is 0. The second-order valence-electron chi connectivity index (χ2n) is 3.73. The molecular weight excluding hydrogens is 258 g/mol. The summed E-state index contributed by atoms with van der Waals surface area (Å²) in [5.41, 5.74) is -0.00418. The molecular formula is C14H7N3O3. The molecule has 2 aromatic rings. The van der Waals surface area contributed by atoms with Gasteiger partial charge in [-0.3, -0.25) is 10.1 Å². The molecule has 0 bridgehead atoms. The van der Waals surface area contributed by atoms with Crippen molar-refractivity contribution in [1.29, 1.82) is 10.5 Å². The van der Waals surface area contributed by atoms with E-state index >= 15 is 0 Å². The van der Waals surface area contributed by atoms with Crippen LogP contribution >= 0.6 is 0 Å². The molecule has 0 atom stereocenters. The van der Waals surface area contributed by atoms with Crippen LogP contribution in [-0.2, 0) is 0 Å². The summed E-state index contributed by atoms with van der Waals surface area (Å²) in [4.78, 5) is 10.3. The van der Waals surface area contributed by atoms with Crippen molar-refractivity contribution in [2.24, 2.45) is 0 Å². The zero-order chi connectivity index (χ0) is 14.5. The van der Waals surface area contributed by atoms with Gasteiger partial charge in [-0.2, -0.15) is 10.5 Å². The van der Waals surface area contributed by atoms with Crippen LogP contribution in [0.3, 0.4) is 0 Å². The van der Waals surface area contributed by atoms with Crippen molar-refractivity contribution in [3.05, 3.63) is 63.7 Å². The van der Waals surface area contributed by atoms with Crippen LogP contribution in [0, 0.1) is 32.8 Å². The molecule has 2 rings (SSSR count). The fraction of sp³-hybridized carbons (Fsp3) is 0. The lowest BCUT2D eigenvalue weighted by Crippen LogP contribution is -1.95. The number of ether oxygens (including phenoxy) is 1. The van der Waals surface area contributed by atoms with Crippen molar-refractivity contribution >= 4 is 5.69 Å². The normalized spacial score (nSPS) is 9.30. The molecule has 0 saturated heterocycles. The summed E-state index contributed by atoms with van der Waals surface area (Å²) in [6.07, 6.45) is 0. The molecule has 0 spiro atoms. The van der Waals surface area contributed by atoms with Crippen LogP contribution in [0.25, 0.3) is 0 Å². The van der Waals surface area contributed by atoms with Gasteiger partial charge >= 0.3 is 5.69 Å². The van der Waals surface area contributed by atoms with E-state index in [1.165, 1.54) is 30.3 Å². The first-order chi connectivity index (χ1) is 9.67. The molecule has 0 amide bonds. The quantitative estimate of drug-likeness (QED) is 0.626. The number of nitro benzene ring substituents is 1. The van der Waals surface area contributed by atoms with Crippen molar-refractivity contribution in [1.82, 2.24) is 0 Å². The molecule has 0 fully saturated rings. The molecule has 0 aliphatic rings. The lowest BCUT2D eigenvalue weighted by molar-refractivity contribution is -0.385. The average Bonchev–Trinajstić information content (AvgIpc) is 2.47. The summed E-state index contributed by atoms with van der Waals surface area (Å²) in [5, 5.41) is 28.9. The maximum absolute atomic E-state index is 10.9. The third kappa shape index (κ3) is 2.40. The van der Waals surface area contributed by atoms with Gasteiger partial charge in [-0.1, -0.05) is 18.2 Å². The predicted molar refractivity (Wildman–Crippen MR) is 69.0 cm³/mol. The Morgan fingerprint density at radius 1 is 1.00 bits per heavy atom. The standard InChI is InChI=1S/C14H7N3O3/c15-8-10-4-3-7-13(11(10)9-16)20-14-6-2-1-5-12(14)17(18)19/h1-7H. The Morgan fingerprint density at radius 3 is 2.35 bits per heavy atom. The largest absolute Gasteiger partial charge is 0.449 e. The number of nitrogens with zero attached hydrogens (tertiary/aromatic N) is 3. The first-order valence-corrected chi connectivity index (χ1v) is 5.52. The highest BCUT2D eigenvalue weighted by atomic mass is 16.6. The van der Waals surface area contributed by atoms with Crippen molar-refractivity contribution in [3.8, 4) is 23.6 Å². The minimum Gasteiger partial charge on any atom is -0.449 e. The van der Waals surface area contributed by atoms with Gasteiger partial charge in [-0.25, -0.2) is 0 Å². The number of hydrogen-bond acceptors (Lipinski definition) is 5. The number of benzene rings is 2. The molecule has 0 unspecified atom stereocenters. The van der Waals surface area contributed by atoms with E-state index in [2.05, 4.69) is 0 Å². The average molecular weight is 265 g/mol. The fourth-order valence-corrected chi connectivity index (χ4v) is 1.64. The molecule has 0 aliphatic heterocycles. The maximum Gasteiger partial charge on any atom is 0.311 e.